The molecule has 0 saturated carbocycles. The largest absolute Gasteiger partial charge is 0.467 e. The summed E-state index contributed by atoms with van der Waals surface area (Å²) in [5.41, 5.74) is 1.09. The number of benzene rings is 2. The lowest BCUT2D eigenvalue weighted by Gasteiger charge is -2.27. The summed E-state index contributed by atoms with van der Waals surface area (Å²) in [7, 11) is 3.97. The molecular weight excluding hydrogens is 480 g/mol. The number of hydrogen-bond donors (Lipinski definition) is 1. The van der Waals surface area contributed by atoms with Crippen LogP contribution in [0.5, 0.6) is 0 Å². The van der Waals surface area contributed by atoms with Crippen LogP contribution in [-0.2, 0) is 26.1 Å². The number of ether oxygens (including phenoxy) is 2. The van der Waals surface area contributed by atoms with E-state index in [4.69, 9.17) is 9.47 Å². The third-order valence-electron chi connectivity index (χ3n) is 6.43. The zero-order valence-electron chi connectivity index (χ0n) is 20.8. The molecule has 0 aliphatic carbocycles. The minimum absolute atomic E-state index is 0.104. The van der Waals surface area contributed by atoms with Gasteiger partial charge in [0, 0.05) is 13.5 Å². The number of carbonyl (C=O) groups excluding carboxylic acids is 4. The van der Waals surface area contributed by atoms with Crippen LogP contribution in [-0.4, -0.2) is 64.3 Å². The molecule has 0 spiro atoms. The minimum atomic E-state index is -1.45. The van der Waals surface area contributed by atoms with Crippen LogP contribution in [0, 0.1) is 6.92 Å². The average Bonchev–Trinajstić information content (AvgIpc) is 3.29. The summed E-state index contributed by atoms with van der Waals surface area (Å²) >= 11 is 0. The van der Waals surface area contributed by atoms with Crippen LogP contribution in [0.1, 0.15) is 32.8 Å². The molecule has 0 unspecified atom stereocenters. The normalized spacial score (nSPS) is 14.2. The molecule has 1 N–H and O–H groups in total. The van der Waals surface area contributed by atoms with Crippen molar-refractivity contribution < 1.29 is 28.7 Å². The van der Waals surface area contributed by atoms with Crippen LogP contribution in [0.3, 0.4) is 0 Å². The van der Waals surface area contributed by atoms with Gasteiger partial charge in [-0.15, -0.1) is 0 Å². The van der Waals surface area contributed by atoms with Crippen LogP contribution >= 0.6 is 0 Å². The Labute approximate surface area is 212 Å². The predicted octanol–water partition coefficient (Wildman–Crippen LogP) is 1.67. The van der Waals surface area contributed by atoms with Crippen LogP contribution < -0.4 is 10.9 Å². The Kier molecular flexibility index (Phi) is 6.96. The van der Waals surface area contributed by atoms with E-state index in [1.54, 1.807) is 55.1 Å². The molecule has 1 aliphatic rings. The maximum Gasteiger partial charge on any atom is 0.329 e. The third-order valence-corrected chi connectivity index (χ3v) is 6.43. The van der Waals surface area contributed by atoms with Crippen molar-refractivity contribution in [3.05, 3.63) is 81.8 Å². The van der Waals surface area contributed by atoms with Crippen molar-refractivity contribution in [3.63, 3.8) is 0 Å². The number of fused-ring (bicyclic) bond motifs is 1. The van der Waals surface area contributed by atoms with E-state index in [2.05, 4.69) is 5.32 Å². The first kappa shape index (κ1) is 25.4. The van der Waals surface area contributed by atoms with Crippen molar-refractivity contribution in [3.8, 4) is 5.69 Å². The number of carbonyl (C=O) groups is 4. The van der Waals surface area contributed by atoms with Gasteiger partial charge in [-0.1, -0.05) is 30.3 Å². The highest BCUT2D eigenvalue weighted by Gasteiger charge is 2.45. The second kappa shape index (κ2) is 10.1. The highest BCUT2D eigenvalue weighted by molar-refractivity contribution is 6.22. The van der Waals surface area contributed by atoms with Gasteiger partial charge in [-0.3, -0.25) is 24.0 Å². The molecule has 192 valence electrons. The van der Waals surface area contributed by atoms with Crippen LogP contribution in [0.4, 0.5) is 5.69 Å². The first-order valence-corrected chi connectivity index (χ1v) is 11.4. The summed E-state index contributed by atoms with van der Waals surface area (Å²) in [6, 6.07) is 12.4. The molecule has 4 rings (SSSR count). The van der Waals surface area contributed by atoms with E-state index in [-0.39, 0.29) is 23.2 Å². The number of rotatable bonds is 8. The lowest BCUT2D eigenvalue weighted by Crippen LogP contribution is -2.49. The summed E-state index contributed by atoms with van der Waals surface area (Å²) in [5.74, 6) is -3.04. The quantitative estimate of drug-likeness (QED) is 0.361. The number of nitrogens with one attached hydrogen (secondary N) is 1. The van der Waals surface area contributed by atoms with Gasteiger partial charge in [-0.25, -0.2) is 14.3 Å². The fourth-order valence-electron chi connectivity index (χ4n) is 4.42. The number of para-hydroxylation sites is 1. The van der Waals surface area contributed by atoms with E-state index in [0.29, 0.717) is 11.4 Å². The second-order valence-electron chi connectivity index (χ2n) is 8.46. The summed E-state index contributed by atoms with van der Waals surface area (Å²) in [6.07, 6.45) is -0.385. The Hall–Kier alpha value is -4.67. The number of hydrogen-bond acceptors (Lipinski definition) is 8. The molecule has 1 aliphatic heterocycles. The predicted molar refractivity (Wildman–Crippen MR) is 133 cm³/mol. The fraction of sp³-hybridized carbons (Fsp3) is 0.269. The van der Waals surface area contributed by atoms with E-state index in [0.717, 1.165) is 19.1 Å². The zero-order valence-corrected chi connectivity index (χ0v) is 20.8. The highest BCUT2D eigenvalue weighted by atomic mass is 16.5. The molecule has 0 fully saturated rings. The van der Waals surface area contributed by atoms with Crippen molar-refractivity contribution in [1.82, 2.24) is 14.3 Å². The van der Waals surface area contributed by atoms with Crippen molar-refractivity contribution in [2.75, 3.05) is 19.5 Å². The molecular formula is C26H26N4O7. The number of esters is 2. The van der Waals surface area contributed by atoms with Gasteiger partial charge in [-0.2, -0.15) is 0 Å². The minimum Gasteiger partial charge on any atom is -0.467 e. The van der Waals surface area contributed by atoms with Gasteiger partial charge >= 0.3 is 11.9 Å². The number of amides is 2. The molecule has 2 aromatic carbocycles. The highest BCUT2D eigenvalue weighted by Crippen LogP contribution is 2.27. The molecule has 11 heteroatoms. The van der Waals surface area contributed by atoms with Gasteiger partial charge in [0.2, 0.25) is 0 Å². The third kappa shape index (κ3) is 4.39. The summed E-state index contributed by atoms with van der Waals surface area (Å²) < 4.78 is 12.8. The number of nitrogens with zero attached hydrogens (tertiary/aromatic N) is 3. The average molecular weight is 507 g/mol. The molecule has 2 atom stereocenters. The van der Waals surface area contributed by atoms with E-state index in [1.807, 2.05) is 6.07 Å². The molecule has 2 heterocycles. The van der Waals surface area contributed by atoms with Crippen molar-refractivity contribution >= 4 is 29.4 Å². The van der Waals surface area contributed by atoms with Crippen LogP contribution in [0.25, 0.3) is 5.69 Å². The molecule has 3 aromatic rings. The Morgan fingerprint density at radius 2 is 1.41 bits per heavy atom. The van der Waals surface area contributed by atoms with E-state index in [9.17, 15) is 24.0 Å². The summed E-state index contributed by atoms with van der Waals surface area (Å²) in [6.45, 7) is 1.69. The number of methoxy groups -OCH3 is 2. The zero-order chi connectivity index (χ0) is 26.9. The Morgan fingerprint density at radius 1 is 0.865 bits per heavy atom. The van der Waals surface area contributed by atoms with Gasteiger partial charge < -0.3 is 14.8 Å². The Balaban J connectivity index is 1.71. The molecule has 0 radical (unpaired) electrons. The van der Waals surface area contributed by atoms with Gasteiger partial charge in [0.25, 0.3) is 17.4 Å². The summed E-state index contributed by atoms with van der Waals surface area (Å²) in [5, 5.41) is 2.90. The van der Waals surface area contributed by atoms with Crippen molar-refractivity contribution in [2.45, 2.75) is 25.4 Å². The fourth-order valence-corrected chi connectivity index (χ4v) is 4.42. The lowest BCUT2D eigenvalue weighted by atomic mass is 10.0. The van der Waals surface area contributed by atoms with Gasteiger partial charge in [0.15, 0.2) is 0 Å². The second-order valence-corrected chi connectivity index (χ2v) is 8.46. The van der Waals surface area contributed by atoms with Gasteiger partial charge in [0.1, 0.15) is 17.8 Å². The lowest BCUT2D eigenvalue weighted by molar-refractivity contribution is -0.147. The Bertz CT molecular complexity index is 1410. The Morgan fingerprint density at radius 3 is 1.95 bits per heavy atom. The maximum absolute atomic E-state index is 13.4. The first-order valence-electron chi connectivity index (χ1n) is 11.4. The smallest absolute Gasteiger partial charge is 0.329 e. The topological polar surface area (TPSA) is 129 Å². The van der Waals surface area contributed by atoms with E-state index < -0.39 is 41.4 Å². The van der Waals surface area contributed by atoms with Gasteiger partial charge in [0.05, 0.1) is 36.7 Å². The number of aromatic nitrogens is 2. The molecule has 0 bridgehead atoms. The van der Waals surface area contributed by atoms with Crippen molar-refractivity contribution in [2.24, 2.45) is 7.05 Å². The van der Waals surface area contributed by atoms with Crippen LogP contribution in [0.2, 0.25) is 0 Å². The van der Waals surface area contributed by atoms with Crippen LogP contribution in [0.15, 0.2) is 59.4 Å². The standard InChI is InChI=1S/C26H26N4O7/c1-15-21(24(33)30(28(15)2)16-10-6-5-7-11-16)27-19(25(34)36-3)14-20(26(35)37-4)29-22(31)17-12-8-9-13-18(17)23(29)32/h5-13,19-20,27H,14H2,1-4H3/t19-,20-/m0/s1. The summed E-state index contributed by atoms with van der Waals surface area (Å²) in [4.78, 5) is 65.9. The monoisotopic (exact) mass is 506 g/mol. The number of anilines is 1. The van der Waals surface area contributed by atoms with Gasteiger partial charge in [-0.05, 0) is 31.2 Å². The molecule has 2 amide bonds. The number of imide groups is 1. The van der Waals surface area contributed by atoms with Crippen molar-refractivity contribution in [1.29, 1.82) is 0 Å². The SMILES string of the molecule is COC(=O)[C@H](C[C@@H](C(=O)OC)N1C(=O)c2ccccc2C1=O)Nc1c(C)n(C)n(-c2ccccc2)c1=O. The maximum atomic E-state index is 13.4. The molecule has 37 heavy (non-hydrogen) atoms. The van der Waals surface area contributed by atoms with E-state index >= 15 is 0 Å². The first-order chi connectivity index (χ1) is 17.7. The van der Waals surface area contributed by atoms with E-state index in [1.165, 1.54) is 16.8 Å². The molecule has 1 aromatic heterocycles. The molecule has 0 saturated heterocycles. The molecule has 11 nitrogen and oxygen atoms in total.